The molecule has 0 radical (unpaired) electrons. The minimum absolute atomic E-state index is 0.248. The highest BCUT2D eigenvalue weighted by Gasteiger charge is 2.53. The predicted molar refractivity (Wildman–Crippen MR) is 78.0 cm³/mol. The zero-order valence-corrected chi connectivity index (χ0v) is 12.6. The summed E-state index contributed by atoms with van der Waals surface area (Å²) in [6.07, 6.45) is 3.82. The van der Waals surface area contributed by atoms with Crippen LogP contribution in [0.15, 0.2) is 42.5 Å². The lowest BCUT2D eigenvalue weighted by atomic mass is 9.90. The van der Waals surface area contributed by atoms with Crippen molar-refractivity contribution in [2.45, 2.75) is 46.0 Å². The number of rotatable bonds is 3. The van der Waals surface area contributed by atoms with Crippen molar-refractivity contribution in [1.29, 1.82) is 0 Å². The summed E-state index contributed by atoms with van der Waals surface area (Å²) in [7, 11) is 0. The molecule has 0 spiro atoms. The summed E-state index contributed by atoms with van der Waals surface area (Å²) in [6.45, 7) is 7.94. The molecule has 1 aromatic carbocycles. The Morgan fingerprint density at radius 3 is 2.40 bits per heavy atom. The third-order valence-electron chi connectivity index (χ3n) is 3.44. The highest BCUT2D eigenvalue weighted by atomic mass is 16.8. The van der Waals surface area contributed by atoms with Crippen LogP contribution in [0.2, 0.25) is 0 Å². The molecule has 0 amide bonds. The van der Waals surface area contributed by atoms with Gasteiger partial charge >= 0.3 is 5.97 Å². The number of esters is 1. The van der Waals surface area contributed by atoms with Gasteiger partial charge in [0.1, 0.15) is 0 Å². The molecular weight excluding hydrogens is 252 g/mol. The summed E-state index contributed by atoms with van der Waals surface area (Å²) in [6, 6.07) is 9.57. The average Bonchev–Trinajstić information content (AvgIpc) is 2.76. The first kappa shape index (κ1) is 14.8. The van der Waals surface area contributed by atoms with Gasteiger partial charge in [-0.25, -0.2) is 4.79 Å². The van der Waals surface area contributed by atoms with Gasteiger partial charge in [0.05, 0.1) is 0 Å². The van der Waals surface area contributed by atoms with Crippen LogP contribution in [0.4, 0.5) is 0 Å². The standard InChI is InChI=1S/C17H22O3/c1-5-6-12-17(13-10-8-7-9-11-13)14(18)19-15(20-17)16(2,3)4/h5-11,15H,12H2,1-4H3. The van der Waals surface area contributed by atoms with E-state index in [1.54, 1.807) is 0 Å². The van der Waals surface area contributed by atoms with Crippen LogP contribution in [-0.2, 0) is 19.9 Å². The normalized spacial score (nSPS) is 27.0. The van der Waals surface area contributed by atoms with Gasteiger partial charge in [0.15, 0.2) is 5.60 Å². The van der Waals surface area contributed by atoms with Crippen molar-refractivity contribution < 1.29 is 14.3 Å². The summed E-state index contributed by atoms with van der Waals surface area (Å²) in [5.41, 5.74) is -0.428. The van der Waals surface area contributed by atoms with E-state index < -0.39 is 11.9 Å². The Labute approximate surface area is 120 Å². The fraction of sp³-hybridized carbons (Fsp3) is 0.471. The Balaban J connectivity index is 2.41. The molecule has 1 aromatic rings. The number of cyclic esters (lactones) is 1. The lowest BCUT2D eigenvalue weighted by Crippen LogP contribution is -2.34. The Bertz CT molecular complexity index is 499. The highest BCUT2D eigenvalue weighted by molar-refractivity contribution is 5.83. The van der Waals surface area contributed by atoms with Gasteiger partial charge in [-0.3, -0.25) is 0 Å². The number of hydrogen-bond donors (Lipinski definition) is 0. The molecule has 1 aliphatic heterocycles. The SMILES string of the molecule is CC=CCC1(c2ccccc2)OC(C(C)(C)C)OC1=O. The van der Waals surface area contributed by atoms with E-state index in [-0.39, 0.29) is 11.4 Å². The molecule has 1 aliphatic rings. The van der Waals surface area contributed by atoms with Crippen molar-refractivity contribution in [2.24, 2.45) is 5.41 Å². The average molecular weight is 274 g/mol. The van der Waals surface area contributed by atoms with Gasteiger partial charge in [0, 0.05) is 11.8 Å². The summed E-state index contributed by atoms with van der Waals surface area (Å²) in [4.78, 5) is 12.5. The number of benzene rings is 1. The largest absolute Gasteiger partial charge is 0.433 e. The van der Waals surface area contributed by atoms with Crippen LogP contribution < -0.4 is 0 Å². The molecule has 2 rings (SSSR count). The number of carbonyl (C=O) groups is 1. The first-order chi connectivity index (χ1) is 9.40. The van der Waals surface area contributed by atoms with Crippen LogP contribution >= 0.6 is 0 Å². The lowest BCUT2D eigenvalue weighted by Gasteiger charge is -2.28. The van der Waals surface area contributed by atoms with E-state index in [9.17, 15) is 4.79 Å². The fourth-order valence-corrected chi connectivity index (χ4v) is 2.23. The molecule has 20 heavy (non-hydrogen) atoms. The van der Waals surface area contributed by atoms with Crippen molar-refractivity contribution >= 4 is 5.97 Å². The van der Waals surface area contributed by atoms with Crippen LogP contribution in [0, 0.1) is 5.41 Å². The second kappa shape index (κ2) is 5.41. The van der Waals surface area contributed by atoms with Crippen molar-refractivity contribution in [2.75, 3.05) is 0 Å². The van der Waals surface area contributed by atoms with Gasteiger partial charge in [0.2, 0.25) is 6.29 Å². The molecule has 1 fully saturated rings. The van der Waals surface area contributed by atoms with Gasteiger partial charge in [-0.2, -0.15) is 0 Å². The summed E-state index contributed by atoms with van der Waals surface area (Å²) in [5.74, 6) is -0.304. The molecule has 0 aliphatic carbocycles. The Hall–Kier alpha value is -1.61. The monoisotopic (exact) mass is 274 g/mol. The first-order valence-electron chi connectivity index (χ1n) is 6.96. The molecule has 2 atom stereocenters. The van der Waals surface area contributed by atoms with Crippen molar-refractivity contribution in [3.05, 3.63) is 48.0 Å². The lowest BCUT2D eigenvalue weighted by molar-refractivity contribution is -0.156. The van der Waals surface area contributed by atoms with E-state index >= 15 is 0 Å². The van der Waals surface area contributed by atoms with Gasteiger partial charge < -0.3 is 9.47 Å². The van der Waals surface area contributed by atoms with Gasteiger partial charge in [0.25, 0.3) is 0 Å². The number of allylic oxidation sites excluding steroid dienone is 1. The van der Waals surface area contributed by atoms with Crippen molar-refractivity contribution in [1.82, 2.24) is 0 Å². The Kier molecular flexibility index (Phi) is 4.00. The van der Waals surface area contributed by atoms with Gasteiger partial charge in [-0.1, -0.05) is 63.3 Å². The van der Waals surface area contributed by atoms with Crippen molar-refractivity contribution in [3.8, 4) is 0 Å². The number of ether oxygens (including phenoxy) is 2. The highest BCUT2D eigenvalue weighted by Crippen LogP contribution is 2.43. The third-order valence-corrected chi connectivity index (χ3v) is 3.44. The zero-order chi connectivity index (χ0) is 14.8. The molecule has 1 heterocycles. The molecule has 0 aromatic heterocycles. The smallest absolute Gasteiger partial charge is 0.345 e. The molecule has 0 bridgehead atoms. The Morgan fingerprint density at radius 2 is 1.90 bits per heavy atom. The second-order valence-corrected chi connectivity index (χ2v) is 6.19. The van der Waals surface area contributed by atoms with E-state index in [0.29, 0.717) is 6.42 Å². The van der Waals surface area contributed by atoms with E-state index in [1.165, 1.54) is 0 Å². The fourth-order valence-electron chi connectivity index (χ4n) is 2.23. The quantitative estimate of drug-likeness (QED) is 0.621. The molecule has 3 nitrogen and oxygen atoms in total. The van der Waals surface area contributed by atoms with Crippen LogP contribution in [0.5, 0.6) is 0 Å². The first-order valence-corrected chi connectivity index (χ1v) is 6.96. The maximum atomic E-state index is 12.5. The molecule has 3 heteroatoms. The van der Waals surface area contributed by atoms with Gasteiger partial charge in [-0.05, 0) is 12.5 Å². The van der Waals surface area contributed by atoms with E-state index in [1.807, 2.05) is 70.2 Å². The minimum Gasteiger partial charge on any atom is -0.433 e. The molecule has 1 saturated heterocycles. The van der Waals surface area contributed by atoms with E-state index in [4.69, 9.17) is 9.47 Å². The van der Waals surface area contributed by atoms with Crippen LogP contribution in [-0.4, -0.2) is 12.3 Å². The maximum absolute atomic E-state index is 12.5. The maximum Gasteiger partial charge on any atom is 0.345 e. The Morgan fingerprint density at radius 1 is 1.25 bits per heavy atom. The summed E-state index contributed by atoms with van der Waals surface area (Å²) >= 11 is 0. The molecule has 2 unspecified atom stereocenters. The topological polar surface area (TPSA) is 35.5 Å². The predicted octanol–water partition coefficient (Wildman–Crippen LogP) is 3.79. The molecule has 108 valence electrons. The number of carbonyl (C=O) groups excluding carboxylic acids is 1. The van der Waals surface area contributed by atoms with Gasteiger partial charge in [-0.15, -0.1) is 0 Å². The van der Waals surface area contributed by atoms with Crippen molar-refractivity contribution in [3.63, 3.8) is 0 Å². The van der Waals surface area contributed by atoms with E-state index in [2.05, 4.69) is 0 Å². The van der Waals surface area contributed by atoms with Crippen LogP contribution in [0.25, 0.3) is 0 Å². The van der Waals surface area contributed by atoms with Crippen LogP contribution in [0.1, 0.15) is 39.7 Å². The third kappa shape index (κ3) is 2.63. The second-order valence-electron chi connectivity index (χ2n) is 6.19. The van der Waals surface area contributed by atoms with Crippen LogP contribution in [0.3, 0.4) is 0 Å². The van der Waals surface area contributed by atoms with E-state index in [0.717, 1.165) is 5.56 Å². The minimum atomic E-state index is -1.02. The molecule has 0 saturated carbocycles. The number of hydrogen-bond acceptors (Lipinski definition) is 3. The summed E-state index contributed by atoms with van der Waals surface area (Å²) < 4.78 is 11.6. The molecular formula is C17H22O3. The zero-order valence-electron chi connectivity index (χ0n) is 12.6. The molecule has 0 N–H and O–H groups in total. The summed E-state index contributed by atoms with van der Waals surface area (Å²) in [5, 5.41) is 0.